The zero-order valence-electron chi connectivity index (χ0n) is 54.5. The van der Waals surface area contributed by atoms with E-state index < -0.39 is 6.10 Å². The van der Waals surface area contributed by atoms with Crippen LogP contribution in [0.1, 0.15) is 361 Å². The lowest BCUT2D eigenvalue weighted by Crippen LogP contribution is -2.30. The first-order chi connectivity index (χ1) is 40.5. The van der Waals surface area contributed by atoms with E-state index in [4.69, 9.17) is 14.2 Å². The van der Waals surface area contributed by atoms with Gasteiger partial charge in [0.05, 0.1) is 0 Å². The van der Waals surface area contributed by atoms with Crippen LogP contribution in [-0.2, 0) is 28.6 Å². The molecule has 0 aliphatic heterocycles. The van der Waals surface area contributed by atoms with Gasteiger partial charge in [-0.2, -0.15) is 0 Å². The molecule has 0 rings (SSSR count). The quantitative estimate of drug-likeness (QED) is 0.0261. The maximum absolute atomic E-state index is 12.9. The fourth-order valence-electron chi connectivity index (χ4n) is 10.2. The highest BCUT2D eigenvalue weighted by atomic mass is 16.6. The maximum Gasteiger partial charge on any atom is 0.306 e. The van der Waals surface area contributed by atoms with Gasteiger partial charge in [-0.1, -0.05) is 305 Å². The molecule has 0 saturated heterocycles. The highest BCUT2D eigenvalue weighted by Gasteiger charge is 2.19. The number of hydrogen-bond donors (Lipinski definition) is 0. The van der Waals surface area contributed by atoms with Crippen LogP contribution in [0.25, 0.3) is 0 Å². The largest absolute Gasteiger partial charge is 0.462 e. The van der Waals surface area contributed by atoms with Crippen LogP contribution in [0.3, 0.4) is 0 Å². The Bertz CT molecular complexity index is 1550. The van der Waals surface area contributed by atoms with Crippen LogP contribution >= 0.6 is 0 Å². The second kappa shape index (κ2) is 70.1. The molecule has 1 atom stereocenters. The molecule has 0 radical (unpaired) electrons. The maximum atomic E-state index is 12.9. The van der Waals surface area contributed by atoms with Crippen LogP contribution in [0.5, 0.6) is 0 Å². The van der Waals surface area contributed by atoms with Gasteiger partial charge < -0.3 is 14.2 Å². The lowest BCUT2D eigenvalue weighted by atomic mass is 10.0. The van der Waals surface area contributed by atoms with Gasteiger partial charge in [0.2, 0.25) is 0 Å². The molecule has 82 heavy (non-hydrogen) atoms. The van der Waals surface area contributed by atoms with Gasteiger partial charge in [0, 0.05) is 19.3 Å². The molecular weight excluding hydrogens is 1010 g/mol. The van der Waals surface area contributed by atoms with E-state index in [1.165, 1.54) is 218 Å². The topological polar surface area (TPSA) is 78.9 Å². The zero-order valence-corrected chi connectivity index (χ0v) is 54.5. The third-order valence-electron chi connectivity index (χ3n) is 15.6. The molecule has 474 valence electrons. The van der Waals surface area contributed by atoms with Gasteiger partial charge >= 0.3 is 17.9 Å². The number of ether oxygens (including phenoxy) is 3. The Balaban J connectivity index is 4.29. The Morgan fingerprint density at radius 2 is 0.439 bits per heavy atom. The van der Waals surface area contributed by atoms with Crippen molar-refractivity contribution >= 4 is 17.9 Å². The van der Waals surface area contributed by atoms with E-state index in [0.29, 0.717) is 19.3 Å². The van der Waals surface area contributed by atoms with Crippen molar-refractivity contribution in [3.05, 3.63) is 85.1 Å². The fourth-order valence-corrected chi connectivity index (χ4v) is 10.2. The Morgan fingerprint density at radius 1 is 0.244 bits per heavy atom. The lowest BCUT2D eigenvalue weighted by molar-refractivity contribution is -0.167. The minimum atomic E-state index is -0.789. The lowest BCUT2D eigenvalue weighted by Gasteiger charge is -2.18. The average Bonchev–Trinajstić information content (AvgIpc) is 3.47. The van der Waals surface area contributed by atoms with Crippen LogP contribution in [0.4, 0.5) is 0 Å². The summed E-state index contributed by atoms with van der Waals surface area (Å²) in [6.45, 7) is 6.63. The van der Waals surface area contributed by atoms with E-state index in [9.17, 15) is 14.4 Å². The molecule has 0 amide bonds. The van der Waals surface area contributed by atoms with Crippen molar-refractivity contribution in [3.63, 3.8) is 0 Å². The smallest absolute Gasteiger partial charge is 0.306 e. The van der Waals surface area contributed by atoms with Crippen molar-refractivity contribution < 1.29 is 28.6 Å². The first-order valence-electron chi connectivity index (χ1n) is 35.6. The van der Waals surface area contributed by atoms with E-state index in [2.05, 4.69) is 106 Å². The molecule has 0 aromatic rings. The molecule has 0 spiro atoms. The molecule has 0 N–H and O–H groups in total. The van der Waals surface area contributed by atoms with Crippen LogP contribution in [0.2, 0.25) is 0 Å². The zero-order chi connectivity index (χ0) is 59.2. The standard InChI is InChI=1S/C76H134O6/c1-4-7-10-13-16-19-22-25-28-30-32-34-35-36-37-38-39-40-41-43-44-46-48-51-54-57-60-63-66-69-75(78)81-72-73(71-80-74(77)68-65-62-59-56-53-50-27-24-21-18-15-12-9-6-3)82-76(79)70-67-64-61-58-55-52-49-47-45-42-33-31-29-26-23-20-17-14-11-8-5-2/h22-27,30-33,35-36,45,47,73H,4-21,28-29,34,37-44,46,48-72H2,1-3H3/b25-22-,26-23-,27-24-,32-30-,33-31-,36-35-,47-45-. The first-order valence-corrected chi connectivity index (χ1v) is 35.6. The number of carbonyl (C=O) groups is 3. The van der Waals surface area contributed by atoms with E-state index in [1.54, 1.807) is 0 Å². The fraction of sp³-hybridized carbons (Fsp3) is 0.776. The number of allylic oxidation sites excluding steroid dienone is 14. The summed E-state index contributed by atoms with van der Waals surface area (Å²) in [6, 6.07) is 0. The summed E-state index contributed by atoms with van der Waals surface area (Å²) in [6.07, 6.45) is 93.2. The molecule has 0 saturated carbocycles. The predicted molar refractivity (Wildman–Crippen MR) is 358 cm³/mol. The van der Waals surface area contributed by atoms with E-state index in [1.807, 2.05) is 0 Å². The van der Waals surface area contributed by atoms with Gasteiger partial charge in [0.1, 0.15) is 13.2 Å². The van der Waals surface area contributed by atoms with Crippen molar-refractivity contribution in [1.82, 2.24) is 0 Å². The Kier molecular flexibility index (Phi) is 67.2. The highest BCUT2D eigenvalue weighted by Crippen LogP contribution is 2.17. The molecule has 0 fully saturated rings. The van der Waals surface area contributed by atoms with Crippen LogP contribution in [-0.4, -0.2) is 37.2 Å². The summed E-state index contributed by atoms with van der Waals surface area (Å²) >= 11 is 0. The first kappa shape index (κ1) is 78.6. The summed E-state index contributed by atoms with van der Waals surface area (Å²) < 4.78 is 17.0. The molecule has 6 heteroatoms. The molecule has 0 aliphatic carbocycles. The van der Waals surface area contributed by atoms with Crippen molar-refractivity contribution in [2.45, 2.75) is 367 Å². The Morgan fingerprint density at radius 3 is 0.695 bits per heavy atom. The molecule has 0 bridgehead atoms. The van der Waals surface area contributed by atoms with Crippen LogP contribution in [0, 0.1) is 0 Å². The normalized spacial score (nSPS) is 12.6. The minimum Gasteiger partial charge on any atom is -0.462 e. The third-order valence-corrected chi connectivity index (χ3v) is 15.6. The van der Waals surface area contributed by atoms with Crippen molar-refractivity contribution in [1.29, 1.82) is 0 Å². The predicted octanol–water partition coefficient (Wildman–Crippen LogP) is 24.6. The summed E-state index contributed by atoms with van der Waals surface area (Å²) in [5.74, 6) is -0.888. The molecule has 0 aromatic carbocycles. The molecule has 0 aliphatic rings. The number of esters is 3. The summed E-state index contributed by atoms with van der Waals surface area (Å²) in [5, 5.41) is 0. The van der Waals surface area contributed by atoms with Gasteiger partial charge in [0.15, 0.2) is 6.10 Å². The van der Waals surface area contributed by atoms with Crippen molar-refractivity contribution in [2.75, 3.05) is 13.2 Å². The minimum absolute atomic E-state index is 0.0829. The molecule has 0 aromatic heterocycles. The SMILES string of the molecule is CCCCCCC/C=C\C/C=C\C/C=C\CCCCCCCCCCCCCCCCC(=O)OCC(COC(=O)CCCCCCC/C=C\CCCCCCC)OC(=O)CCCCCCCC/C=C\C/C=C\C/C=C\CCCCCCC. The second-order valence-electron chi connectivity index (χ2n) is 23.8. The number of carbonyl (C=O) groups excluding carboxylic acids is 3. The summed E-state index contributed by atoms with van der Waals surface area (Å²) in [4.78, 5) is 38.4. The van der Waals surface area contributed by atoms with Crippen molar-refractivity contribution in [2.24, 2.45) is 0 Å². The number of rotatable bonds is 65. The molecular formula is C76H134O6. The van der Waals surface area contributed by atoms with Crippen molar-refractivity contribution in [3.8, 4) is 0 Å². The molecule has 1 unspecified atom stereocenters. The summed E-state index contributed by atoms with van der Waals surface area (Å²) in [7, 11) is 0. The van der Waals surface area contributed by atoms with Crippen LogP contribution < -0.4 is 0 Å². The molecule has 0 heterocycles. The van der Waals surface area contributed by atoms with Gasteiger partial charge in [0.25, 0.3) is 0 Å². The van der Waals surface area contributed by atoms with Gasteiger partial charge in [-0.25, -0.2) is 0 Å². The number of hydrogen-bond acceptors (Lipinski definition) is 6. The van der Waals surface area contributed by atoms with E-state index in [0.717, 1.165) is 103 Å². The third kappa shape index (κ3) is 67.4. The van der Waals surface area contributed by atoms with Gasteiger partial charge in [-0.05, 0) is 122 Å². The van der Waals surface area contributed by atoms with Gasteiger partial charge in [-0.15, -0.1) is 0 Å². The van der Waals surface area contributed by atoms with Crippen LogP contribution in [0.15, 0.2) is 85.1 Å². The van der Waals surface area contributed by atoms with Gasteiger partial charge in [-0.3, -0.25) is 14.4 Å². The second-order valence-corrected chi connectivity index (χ2v) is 23.8. The van der Waals surface area contributed by atoms with E-state index >= 15 is 0 Å². The molecule has 6 nitrogen and oxygen atoms in total. The Labute approximate surface area is 509 Å². The Hall–Kier alpha value is -3.41. The van der Waals surface area contributed by atoms with E-state index in [-0.39, 0.29) is 31.1 Å². The highest BCUT2D eigenvalue weighted by molar-refractivity contribution is 5.71. The number of unbranched alkanes of at least 4 members (excludes halogenated alkanes) is 40. The average molecular weight is 1140 g/mol. The summed E-state index contributed by atoms with van der Waals surface area (Å²) in [5.41, 5.74) is 0. The monoisotopic (exact) mass is 1140 g/mol.